The Bertz CT molecular complexity index is 325. The lowest BCUT2D eigenvalue weighted by atomic mass is 10.1. The van der Waals surface area contributed by atoms with Crippen LogP contribution in [0.4, 0.5) is 0 Å². The van der Waals surface area contributed by atoms with Gasteiger partial charge in [0.2, 0.25) is 5.91 Å². The maximum Gasteiger partial charge on any atom is 0.329 e. The van der Waals surface area contributed by atoms with Gasteiger partial charge in [-0.05, 0) is 13.5 Å². The molecule has 2 atom stereocenters. The Kier molecular flexibility index (Phi) is 7.72. The zero-order valence-electron chi connectivity index (χ0n) is 11.4. The second kappa shape index (κ2) is 8.48. The van der Waals surface area contributed by atoms with E-state index >= 15 is 0 Å². The van der Waals surface area contributed by atoms with Gasteiger partial charge in [0.1, 0.15) is 6.04 Å². The van der Waals surface area contributed by atoms with Crippen molar-refractivity contribution in [2.24, 2.45) is 5.92 Å². The quantitative estimate of drug-likeness (QED) is 0.655. The number of ether oxygens (including phenoxy) is 1. The lowest BCUT2D eigenvalue weighted by molar-refractivity contribution is -0.145. The summed E-state index contributed by atoms with van der Waals surface area (Å²) in [4.78, 5) is 24.5. The van der Waals surface area contributed by atoms with Crippen LogP contribution in [0.1, 0.15) is 20.8 Å². The van der Waals surface area contributed by atoms with Gasteiger partial charge in [-0.1, -0.05) is 6.92 Å². The van der Waals surface area contributed by atoms with E-state index in [1.165, 1.54) is 14.0 Å². The number of nitrogens with zero attached hydrogens (tertiary/aromatic N) is 2. The summed E-state index contributed by atoms with van der Waals surface area (Å²) in [6, 6.07) is 1.45. The molecule has 6 nitrogen and oxygen atoms in total. The number of amides is 1. The van der Waals surface area contributed by atoms with Crippen molar-refractivity contribution in [1.29, 1.82) is 5.26 Å². The van der Waals surface area contributed by atoms with Gasteiger partial charge in [0.25, 0.3) is 0 Å². The zero-order chi connectivity index (χ0) is 14.1. The second-order valence-corrected chi connectivity index (χ2v) is 4.16. The SMILES string of the molecule is CCN(CC(C)C#N)CC(NC(C)=O)C(=O)OC. The van der Waals surface area contributed by atoms with Crippen LogP contribution >= 0.6 is 0 Å². The maximum absolute atomic E-state index is 11.5. The Morgan fingerprint density at radius 3 is 2.44 bits per heavy atom. The van der Waals surface area contributed by atoms with Crippen LogP contribution in [-0.2, 0) is 14.3 Å². The molecule has 0 rings (SSSR count). The van der Waals surface area contributed by atoms with Crippen LogP contribution in [0.3, 0.4) is 0 Å². The van der Waals surface area contributed by atoms with Crippen molar-refractivity contribution in [3.05, 3.63) is 0 Å². The number of esters is 1. The van der Waals surface area contributed by atoms with Crippen LogP contribution in [0.2, 0.25) is 0 Å². The number of carbonyl (C=O) groups is 2. The highest BCUT2D eigenvalue weighted by Crippen LogP contribution is 2.01. The standard InChI is InChI=1S/C12H21N3O3/c1-5-15(7-9(2)6-13)8-11(12(17)18-4)14-10(3)16/h9,11H,5,7-8H2,1-4H3,(H,14,16). The van der Waals surface area contributed by atoms with E-state index in [0.717, 1.165) is 0 Å². The van der Waals surface area contributed by atoms with Gasteiger partial charge in [-0.2, -0.15) is 5.26 Å². The molecule has 0 spiro atoms. The van der Waals surface area contributed by atoms with E-state index in [2.05, 4.69) is 16.1 Å². The highest BCUT2D eigenvalue weighted by atomic mass is 16.5. The van der Waals surface area contributed by atoms with Crippen molar-refractivity contribution in [3.63, 3.8) is 0 Å². The third-order valence-electron chi connectivity index (χ3n) is 2.50. The molecule has 0 saturated heterocycles. The molecule has 0 aromatic rings. The van der Waals surface area contributed by atoms with Crippen LogP contribution in [0.25, 0.3) is 0 Å². The summed E-state index contributed by atoms with van der Waals surface area (Å²) in [6.07, 6.45) is 0. The molecule has 18 heavy (non-hydrogen) atoms. The summed E-state index contributed by atoms with van der Waals surface area (Å²) in [6.45, 7) is 6.69. The molecule has 0 fully saturated rings. The molecule has 1 N–H and O–H groups in total. The fraction of sp³-hybridized carbons (Fsp3) is 0.750. The molecule has 0 aromatic carbocycles. The summed E-state index contributed by atoms with van der Waals surface area (Å²) in [5, 5.41) is 11.3. The second-order valence-electron chi connectivity index (χ2n) is 4.16. The minimum atomic E-state index is -0.696. The van der Waals surface area contributed by atoms with E-state index in [9.17, 15) is 9.59 Å². The van der Waals surface area contributed by atoms with E-state index in [1.54, 1.807) is 0 Å². The Morgan fingerprint density at radius 2 is 2.06 bits per heavy atom. The zero-order valence-corrected chi connectivity index (χ0v) is 11.4. The first-order chi connectivity index (χ1) is 8.44. The van der Waals surface area contributed by atoms with Crippen LogP contribution in [0.15, 0.2) is 0 Å². The first-order valence-electron chi connectivity index (χ1n) is 5.91. The predicted octanol–water partition coefficient (Wildman–Crippen LogP) is 0.146. The number of nitriles is 1. The summed E-state index contributed by atoms with van der Waals surface area (Å²) in [5.41, 5.74) is 0. The molecular weight excluding hydrogens is 234 g/mol. The highest BCUT2D eigenvalue weighted by Gasteiger charge is 2.23. The molecule has 1 amide bonds. The van der Waals surface area contributed by atoms with Crippen molar-refractivity contribution in [2.45, 2.75) is 26.8 Å². The minimum absolute atomic E-state index is 0.124. The monoisotopic (exact) mass is 255 g/mol. The molecule has 2 unspecified atom stereocenters. The fourth-order valence-electron chi connectivity index (χ4n) is 1.59. The van der Waals surface area contributed by atoms with Crippen LogP contribution in [-0.4, -0.2) is 49.6 Å². The van der Waals surface area contributed by atoms with Gasteiger partial charge in [-0.25, -0.2) is 4.79 Å². The van der Waals surface area contributed by atoms with Crippen molar-refractivity contribution in [3.8, 4) is 6.07 Å². The van der Waals surface area contributed by atoms with E-state index < -0.39 is 12.0 Å². The van der Waals surface area contributed by atoms with E-state index in [0.29, 0.717) is 19.6 Å². The average Bonchev–Trinajstić information content (AvgIpc) is 2.34. The first-order valence-corrected chi connectivity index (χ1v) is 5.91. The predicted molar refractivity (Wildman–Crippen MR) is 66.5 cm³/mol. The van der Waals surface area contributed by atoms with Crippen molar-refractivity contribution in [1.82, 2.24) is 10.2 Å². The fourth-order valence-corrected chi connectivity index (χ4v) is 1.59. The van der Waals surface area contributed by atoms with Gasteiger partial charge >= 0.3 is 5.97 Å². The van der Waals surface area contributed by atoms with Gasteiger partial charge in [-0.15, -0.1) is 0 Å². The van der Waals surface area contributed by atoms with Crippen LogP contribution in [0.5, 0.6) is 0 Å². The van der Waals surface area contributed by atoms with E-state index in [-0.39, 0.29) is 11.8 Å². The lowest BCUT2D eigenvalue weighted by Crippen LogP contribution is -2.49. The van der Waals surface area contributed by atoms with Gasteiger partial charge in [0, 0.05) is 20.0 Å². The molecule has 0 aromatic heterocycles. The van der Waals surface area contributed by atoms with Crippen molar-refractivity contribution >= 4 is 11.9 Å². The summed E-state index contributed by atoms with van der Waals surface area (Å²) in [7, 11) is 1.28. The summed E-state index contributed by atoms with van der Waals surface area (Å²) in [5.74, 6) is -0.886. The van der Waals surface area contributed by atoms with Crippen molar-refractivity contribution < 1.29 is 14.3 Å². The number of hydrogen-bond donors (Lipinski definition) is 1. The first kappa shape index (κ1) is 16.4. The molecule has 0 aliphatic rings. The number of methoxy groups -OCH3 is 1. The molecule has 0 aliphatic heterocycles. The number of carbonyl (C=O) groups excluding carboxylic acids is 2. The third kappa shape index (κ3) is 6.21. The number of hydrogen-bond acceptors (Lipinski definition) is 5. The maximum atomic E-state index is 11.5. The molecule has 0 radical (unpaired) electrons. The average molecular weight is 255 g/mol. The van der Waals surface area contributed by atoms with Crippen molar-refractivity contribution in [2.75, 3.05) is 26.7 Å². The van der Waals surface area contributed by atoms with E-state index in [1.807, 2.05) is 18.7 Å². The summed E-state index contributed by atoms with van der Waals surface area (Å²) >= 11 is 0. The Labute approximate surface area is 108 Å². The van der Waals surface area contributed by atoms with Gasteiger partial charge in [0.15, 0.2) is 0 Å². The van der Waals surface area contributed by atoms with Gasteiger partial charge in [-0.3, -0.25) is 9.69 Å². The Hall–Kier alpha value is -1.61. The molecule has 0 heterocycles. The number of likely N-dealkylation sites (N-methyl/N-ethyl adjacent to an activating group) is 1. The molecule has 0 aliphatic carbocycles. The van der Waals surface area contributed by atoms with E-state index in [4.69, 9.17) is 5.26 Å². The summed E-state index contributed by atoms with van der Waals surface area (Å²) < 4.78 is 4.64. The largest absolute Gasteiger partial charge is 0.467 e. The smallest absolute Gasteiger partial charge is 0.329 e. The molecular formula is C12H21N3O3. The van der Waals surface area contributed by atoms with Gasteiger partial charge in [0.05, 0.1) is 19.1 Å². The molecule has 6 heteroatoms. The number of nitrogens with one attached hydrogen (secondary N) is 1. The Balaban J connectivity index is 4.57. The molecule has 0 bridgehead atoms. The number of rotatable bonds is 7. The topological polar surface area (TPSA) is 82.4 Å². The normalized spacial score (nSPS) is 13.6. The minimum Gasteiger partial charge on any atom is -0.467 e. The van der Waals surface area contributed by atoms with Crippen LogP contribution in [0, 0.1) is 17.2 Å². The Morgan fingerprint density at radius 1 is 1.44 bits per heavy atom. The lowest BCUT2D eigenvalue weighted by Gasteiger charge is -2.26. The molecule has 102 valence electrons. The third-order valence-corrected chi connectivity index (χ3v) is 2.50. The molecule has 0 saturated carbocycles. The van der Waals surface area contributed by atoms with Crippen LogP contribution < -0.4 is 5.32 Å². The van der Waals surface area contributed by atoms with Gasteiger partial charge < -0.3 is 10.1 Å². The highest BCUT2D eigenvalue weighted by molar-refractivity contribution is 5.83.